The molecule has 20 heavy (non-hydrogen) atoms. The van der Waals surface area contributed by atoms with Crippen LogP contribution in [0.25, 0.3) is 0 Å². The van der Waals surface area contributed by atoms with E-state index in [2.05, 4.69) is 10.3 Å². The first-order valence-corrected chi connectivity index (χ1v) is 7.10. The molecule has 1 amide bonds. The second-order valence-electron chi connectivity index (χ2n) is 4.38. The van der Waals surface area contributed by atoms with Crippen molar-refractivity contribution in [2.75, 3.05) is 11.9 Å². The van der Waals surface area contributed by atoms with Crippen molar-refractivity contribution >= 4 is 28.2 Å². The van der Waals surface area contributed by atoms with Crippen LogP contribution in [0.5, 0.6) is 5.75 Å². The summed E-state index contributed by atoms with van der Waals surface area (Å²) >= 11 is 1.32. The average molecular weight is 288 g/mol. The molecule has 5 nitrogen and oxygen atoms in total. The number of amides is 1. The number of nitrogens with one attached hydrogen (secondary N) is 1. The number of hydrogen-bond acceptors (Lipinski definition) is 5. The fourth-order valence-electron chi connectivity index (χ4n) is 2.13. The first kappa shape index (κ1) is 12.8. The minimum absolute atomic E-state index is 0.202. The highest BCUT2D eigenvalue weighted by molar-refractivity contribution is 7.13. The zero-order valence-electron chi connectivity index (χ0n) is 10.5. The Kier molecular flexibility index (Phi) is 3.47. The van der Waals surface area contributed by atoms with Crippen LogP contribution in [0, 0.1) is 5.92 Å². The third-order valence-electron chi connectivity index (χ3n) is 3.11. The lowest BCUT2D eigenvalue weighted by atomic mass is 9.94. The Morgan fingerprint density at radius 3 is 3.05 bits per heavy atom. The lowest BCUT2D eigenvalue weighted by Gasteiger charge is -2.11. The molecule has 1 aliphatic heterocycles. The highest BCUT2D eigenvalue weighted by Crippen LogP contribution is 2.27. The van der Waals surface area contributed by atoms with Crippen LogP contribution < -0.4 is 10.1 Å². The number of hydrogen-bond donors (Lipinski definition) is 1. The van der Waals surface area contributed by atoms with Gasteiger partial charge in [0.15, 0.2) is 10.9 Å². The highest BCUT2D eigenvalue weighted by atomic mass is 32.1. The number of thiazole rings is 1. The number of carbonyl (C=O) groups is 2. The number of para-hydroxylation sites is 1. The molecule has 6 heteroatoms. The zero-order valence-corrected chi connectivity index (χ0v) is 11.4. The number of aromatic nitrogens is 1. The largest absolute Gasteiger partial charge is 0.493 e. The number of anilines is 1. The van der Waals surface area contributed by atoms with Crippen molar-refractivity contribution < 1.29 is 14.3 Å². The van der Waals surface area contributed by atoms with E-state index >= 15 is 0 Å². The molecule has 2 heterocycles. The Morgan fingerprint density at radius 2 is 2.25 bits per heavy atom. The average Bonchev–Trinajstić information content (AvgIpc) is 2.90. The van der Waals surface area contributed by atoms with Gasteiger partial charge in [-0.3, -0.25) is 9.59 Å². The molecule has 1 unspecified atom stereocenters. The smallest absolute Gasteiger partial charge is 0.237 e. The van der Waals surface area contributed by atoms with Crippen molar-refractivity contribution in [1.29, 1.82) is 0 Å². The van der Waals surface area contributed by atoms with E-state index in [-0.39, 0.29) is 11.7 Å². The first-order valence-electron chi connectivity index (χ1n) is 6.22. The summed E-state index contributed by atoms with van der Waals surface area (Å²) in [4.78, 5) is 28.7. The molecule has 0 bridgehead atoms. The number of Topliss-reactive ketones (excluding diaryl/α,β-unsaturated/α-hetero) is 1. The summed E-state index contributed by atoms with van der Waals surface area (Å²) < 4.78 is 5.52. The van der Waals surface area contributed by atoms with Crippen molar-refractivity contribution in [1.82, 2.24) is 4.98 Å². The third-order valence-corrected chi connectivity index (χ3v) is 3.80. The number of ketones is 1. The van der Waals surface area contributed by atoms with E-state index in [1.807, 2.05) is 6.07 Å². The van der Waals surface area contributed by atoms with E-state index in [0.29, 0.717) is 29.5 Å². The van der Waals surface area contributed by atoms with Gasteiger partial charge in [-0.1, -0.05) is 12.1 Å². The minimum atomic E-state index is -0.734. The van der Waals surface area contributed by atoms with Gasteiger partial charge in [0.05, 0.1) is 12.2 Å². The van der Waals surface area contributed by atoms with Crippen molar-refractivity contribution in [3.8, 4) is 5.75 Å². The lowest BCUT2D eigenvalue weighted by molar-refractivity contribution is -0.118. The summed E-state index contributed by atoms with van der Waals surface area (Å²) in [6.07, 6.45) is 1.97. The normalized spacial score (nSPS) is 17.8. The number of nitrogens with zero attached hydrogens (tertiary/aromatic N) is 1. The molecular weight excluding hydrogens is 276 g/mol. The number of benzene rings is 1. The Labute approximate surface area is 119 Å². The van der Waals surface area contributed by atoms with Gasteiger partial charge < -0.3 is 10.1 Å². The molecule has 1 atom stereocenters. The van der Waals surface area contributed by atoms with Crippen molar-refractivity contribution in [3.05, 3.63) is 41.4 Å². The summed E-state index contributed by atoms with van der Waals surface area (Å²) in [6, 6.07) is 7.00. The van der Waals surface area contributed by atoms with E-state index in [4.69, 9.17) is 4.74 Å². The summed E-state index contributed by atoms with van der Waals surface area (Å²) in [5.74, 6) is -0.720. The Bertz CT molecular complexity index is 640. The SMILES string of the molecule is O=C(Nc1nccs1)C1CCOc2ccccc2C1=O. The van der Waals surface area contributed by atoms with Gasteiger partial charge in [-0.05, 0) is 12.1 Å². The number of ether oxygens (including phenoxy) is 1. The molecule has 2 aromatic rings. The molecule has 1 aromatic heterocycles. The van der Waals surface area contributed by atoms with Crippen LogP contribution in [0.2, 0.25) is 0 Å². The molecule has 0 aliphatic carbocycles. The van der Waals surface area contributed by atoms with Gasteiger partial charge in [-0.2, -0.15) is 0 Å². The Balaban J connectivity index is 1.83. The predicted octanol–water partition coefficient (Wildman–Crippen LogP) is 2.36. The number of rotatable bonds is 2. The van der Waals surface area contributed by atoms with Crippen LogP contribution in [0.4, 0.5) is 5.13 Å². The van der Waals surface area contributed by atoms with E-state index in [1.54, 1.807) is 29.8 Å². The monoisotopic (exact) mass is 288 g/mol. The van der Waals surface area contributed by atoms with Crippen LogP contribution in [0.15, 0.2) is 35.8 Å². The fourth-order valence-corrected chi connectivity index (χ4v) is 2.66. The van der Waals surface area contributed by atoms with Gasteiger partial charge in [0.1, 0.15) is 11.7 Å². The van der Waals surface area contributed by atoms with Gasteiger partial charge >= 0.3 is 0 Å². The van der Waals surface area contributed by atoms with Gasteiger partial charge in [-0.25, -0.2) is 4.98 Å². The zero-order chi connectivity index (χ0) is 13.9. The highest BCUT2D eigenvalue weighted by Gasteiger charge is 2.32. The van der Waals surface area contributed by atoms with E-state index < -0.39 is 5.92 Å². The Morgan fingerprint density at radius 1 is 1.40 bits per heavy atom. The van der Waals surface area contributed by atoms with E-state index in [9.17, 15) is 9.59 Å². The van der Waals surface area contributed by atoms with Gasteiger partial charge in [-0.15, -0.1) is 11.3 Å². The number of carbonyl (C=O) groups excluding carboxylic acids is 2. The topological polar surface area (TPSA) is 68.3 Å². The molecule has 1 N–H and O–H groups in total. The minimum Gasteiger partial charge on any atom is -0.493 e. The summed E-state index contributed by atoms with van der Waals surface area (Å²) in [5.41, 5.74) is 0.462. The maximum Gasteiger partial charge on any atom is 0.237 e. The quantitative estimate of drug-likeness (QED) is 0.861. The van der Waals surface area contributed by atoms with Gasteiger partial charge in [0, 0.05) is 18.0 Å². The molecule has 3 rings (SSSR count). The van der Waals surface area contributed by atoms with Crippen molar-refractivity contribution in [2.45, 2.75) is 6.42 Å². The van der Waals surface area contributed by atoms with Crippen LogP contribution in [0.1, 0.15) is 16.8 Å². The molecule has 1 aliphatic rings. The molecule has 0 fully saturated rings. The maximum atomic E-state index is 12.4. The second-order valence-corrected chi connectivity index (χ2v) is 5.27. The molecule has 0 saturated heterocycles. The van der Waals surface area contributed by atoms with Crippen LogP contribution in [0.3, 0.4) is 0 Å². The lowest BCUT2D eigenvalue weighted by Crippen LogP contribution is -2.29. The molecule has 1 aromatic carbocycles. The van der Waals surface area contributed by atoms with Gasteiger partial charge in [0.2, 0.25) is 5.91 Å². The first-order chi connectivity index (χ1) is 9.75. The van der Waals surface area contributed by atoms with E-state index in [1.165, 1.54) is 11.3 Å². The summed E-state index contributed by atoms with van der Waals surface area (Å²) in [7, 11) is 0. The molecular formula is C14H12N2O3S. The van der Waals surface area contributed by atoms with Crippen LogP contribution in [-0.4, -0.2) is 23.3 Å². The standard InChI is InChI=1S/C14H12N2O3S/c17-12-9-3-1-2-4-11(9)19-7-5-10(12)13(18)16-14-15-6-8-20-14/h1-4,6,8,10H,5,7H2,(H,15,16,18). The van der Waals surface area contributed by atoms with Crippen LogP contribution in [-0.2, 0) is 4.79 Å². The maximum absolute atomic E-state index is 12.4. The van der Waals surface area contributed by atoms with Crippen LogP contribution >= 0.6 is 11.3 Å². The van der Waals surface area contributed by atoms with Crippen molar-refractivity contribution in [2.24, 2.45) is 5.92 Å². The molecule has 102 valence electrons. The fraction of sp³-hybridized carbons (Fsp3) is 0.214. The molecule has 0 saturated carbocycles. The predicted molar refractivity (Wildman–Crippen MR) is 75.1 cm³/mol. The summed E-state index contributed by atoms with van der Waals surface area (Å²) in [6.45, 7) is 0.346. The molecule has 0 spiro atoms. The van der Waals surface area contributed by atoms with Gasteiger partial charge in [0.25, 0.3) is 0 Å². The second kappa shape index (κ2) is 5.42. The third kappa shape index (κ3) is 2.42. The summed E-state index contributed by atoms with van der Waals surface area (Å²) in [5, 5.41) is 4.94. The van der Waals surface area contributed by atoms with E-state index in [0.717, 1.165) is 0 Å². The van der Waals surface area contributed by atoms with Crippen molar-refractivity contribution in [3.63, 3.8) is 0 Å². The number of fused-ring (bicyclic) bond motifs is 1. The Hall–Kier alpha value is -2.21. The molecule has 0 radical (unpaired) electrons.